The highest BCUT2D eigenvalue weighted by Gasteiger charge is 2.09. The van der Waals surface area contributed by atoms with Gasteiger partial charge >= 0.3 is 5.97 Å². The molecular weight excluding hydrogens is 402 g/mol. The van der Waals surface area contributed by atoms with Crippen molar-refractivity contribution in [2.45, 2.75) is 6.42 Å². The SMILES string of the molecule is COC(=O)CSCCC(=O)Nc1nc(-c2ccc(Br)cn2)cs1. The molecule has 1 amide bonds. The number of aromatic nitrogens is 2. The molecule has 9 heteroatoms. The fourth-order valence-corrected chi connectivity index (χ4v) is 3.25. The fourth-order valence-electron chi connectivity index (χ4n) is 1.54. The number of methoxy groups -OCH3 is 1. The number of rotatable bonds is 7. The Kier molecular flexibility index (Phi) is 7.00. The lowest BCUT2D eigenvalue weighted by molar-refractivity contribution is -0.137. The molecule has 122 valence electrons. The van der Waals surface area contributed by atoms with Crippen molar-refractivity contribution in [1.82, 2.24) is 9.97 Å². The van der Waals surface area contributed by atoms with Crippen molar-refractivity contribution in [1.29, 1.82) is 0 Å². The zero-order chi connectivity index (χ0) is 16.7. The Labute approximate surface area is 150 Å². The number of nitrogens with one attached hydrogen (secondary N) is 1. The molecule has 23 heavy (non-hydrogen) atoms. The monoisotopic (exact) mass is 415 g/mol. The van der Waals surface area contributed by atoms with Crippen molar-refractivity contribution in [3.63, 3.8) is 0 Å². The van der Waals surface area contributed by atoms with E-state index in [4.69, 9.17) is 0 Å². The normalized spacial score (nSPS) is 10.3. The van der Waals surface area contributed by atoms with Gasteiger partial charge in [-0.2, -0.15) is 0 Å². The van der Waals surface area contributed by atoms with Crippen LogP contribution >= 0.6 is 39.0 Å². The number of anilines is 1. The van der Waals surface area contributed by atoms with E-state index in [0.717, 1.165) is 15.9 Å². The van der Waals surface area contributed by atoms with Crippen LogP contribution in [-0.4, -0.2) is 40.5 Å². The highest BCUT2D eigenvalue weighted by molar-refractivity contribution is 9.10. The van der Waals surface area contributed by atoms with Crippen LogP contribution in [-0.2, 0) is 14.3 Å². The van der Waals surface area contributed by atoms with Crippen LogP contribution in [0.1, 0.15) is 6.42 Å². The Balaban J connectivity index is 1.81. The molecule has 2 rings (SSSR count). The first-order valence-corrected chi connectivity index (χ1v) is 9.43. The summed E-state index contributed by atoms with van der Waals surface area (Å²) in [6.45, 7) is 0. The van der Waals surface area contributed by atoms with E-state index in [1.807, 2.05) is 17.5 Å². The minimum atomic E-state index is -0.290. The maximum absolute atomic E-state index is 11.8. The van der Waals surface area contributed by atoms with Crippen LogP contribution in [0.5, 0.6) is 0 Å². The summed E-state index contributed by atoms with van der Waals surface area (Å²) in [5, 5.41) is 5.13. The zero-order valence-corrected chi connectivity index (χ0v) is 15.5. The molecule has 0 unspecified atom stereocenters. The lowest BCUT2D eigenvalue weighted by Gasteiger charge is -2.01. The third kappa shape index (κ3) is 5.92. The molecular formula is C14H14BrN3O3S2. The van der Waals surface area contributed by atoms with Gasteiger partial charge < -0.3 is 10.1 Å². The van der Waals surface area contributed by atoms with Gasteiger partial charge in [0, 0.05) is 28.2 Å². The number of thiazole rings is 1. The Morgan fingerprint density at radius 3 is 2.91 bits per heavy atom. The van der Waals surface area contributed by atoms with Crippen LogP contribution in [0.15, 0.2) is 28.2 Å². The molecule has 0 saturated carbocycles. The van der Waals surface area contributed by atoms with Gasteiger partial charge in [-0.15, -0.1) is 23.1 Å². The summed E-state index contributed by atoms with van der Waals surface area (Å²) in [5.74, 6) is 0.377. The van der Waals surface area contributed by atoms with Crippen LogP contribution in [0, 0.1) is 0 Å². The van der Waals surface area contributed by atoms with Gasteiger partial charge in [-0.1, -0.05) is 0 Å². The number of thioether (sulfide) groups is 1. The molecule has 6 nitrogen and oxygen atoms in total. The standard InChI is InChI=1S/C14H14BrN3O3S2/c1-21-13(20)8-22-5-4-12(19)18-14-17-11(7-23-14)10-3-2-9(15)6-16-10/h2-3,6-7H,4-5,8H2,1H3,(H,17,18,19). The first-order valence-electron chi connectivity index (χ1n) is 6.60. The highest BCUT2D eigenvalue weighted by atomic mass is 79.9. The average Bonchev–Trinajstić information content (AvgIpc) is 3.00. The number of hydrogen-bond donors (Lipinski definition) is 1. The average molecular weight is 416 g/mol. The molecule has 0 aliphatic carbocycles. The number of carbonyl (C=O) groups is 2. The van der Waals surface area contributed by atoms with Gasteiger partial charge in [0.15, 0.2) is 5.13 Å². The lowest BCUT2D eigenvalue weighted by atomic mass is 10.3. The van der Waals surface area contributed by atoms with Crippen LogP contribution < -0.4 is 5.32 Å². The molecule has 2 aromatic rings. The smallest absolute Gasteiger partial charge is 0.315 e. The molecule has 2 aromatic heterocycles. The number of halogens is 1. The van der Waals surface area contributed by atoms with Gasteiger partial charge in [0.2, 0.25) is 5.91 Å². The van der Waals surface area contributed by atoms with Crippen molar-refractivity contribution >= 4 is 56.0 Å². The van der Waals surface area contributed by atoms with Crippen molar-refractivity contribution < 1.29 is 14.3 Å². The first kappa shape index (κ1) is 17.9. The van der Waals surface area contributed by atoms with Crippen LogP contribution in [0.25, 0.3) is 11.4 Å². The van der Waals surface area contributed by atoms with E-state index in [-0.39, 0.29) is 17.6 Å². The van der Waals surface area contributed by atoms with Crippen molar-refractivity contribution in [2.24, 2.45) is 0 Å². The van der Waals surface area contributed by atoms with Gasteiger partial charge in [0.25, 0.3) is 0 Å². The van der Waals surface area contributed by atoms with Crippen LogP contribution in [0.4, 0.5) is 5.13 Å². The number of carbonyl (C=O) groups excluding carboxylic acids is 2. The molecule has 0 spiro atoms. The molecule has 2 heterocycles. The molecule has 0 aliphatic heterocycles. The number of ether oxygens (including phenoxy) is 1. The second-order valence-electron chi connectivity index (χ2n) is 4.33. The minimum Gasteiger partial charge on any atom is -0.468 e. The molecule has 0 atom stereocenters. The third-order valence-corrected chi connectivity index (χ3v) is 4.82. The number of esters is 1. The van der Waals surface area contributed by atoms with Crippen LogP contribution in [0.2, 0.25) is 0 Å². The van der Waals surface area contributed by atoms with E-state index in [0.29, 0.717) is 17.3 Å². The van der Waals surface area contributed by atoms with E-state index >= 15 is 0 Å². The third-order valence-electron chi connectivity index (χ3n) is 2.66. The lowest BCUT2D eigenvalue weighted by Crippen LogP contribution is -2.13. The van der Waals surface area contributed by atoms with Gasteiger partial charge in [0.05, 0.1) is 18.6 Å². The summed E-state index contributed by atoms with van der Waals surface area (Å²) < 4.78 is 5.43. The van der Waals surface area contributed by atoms with Gasteiger partial charge in [-0.3, -0.25) is 14.6 Å². The quantitative estimate of drug-likeness (QED) is 0.552. The Hall–Kier alpha value is -1.45. The van der Waals surface area contributed by atoms with Crippen molar-refractivity contribution in [3.05, 3.63) is 28.2 Å². The van der Waals surface area contributed by atoms with Gasteiger partial charge in [-0.05, 0) is 28.1 Å². The van der Waals surface area contributed by atoms with E-state index in [1.165, 1.54) is 30.2 Å². The molecule has 1 N–H and O–H groups in total. The summed E-state index contributed by atoms with van der Waals surface area (Å²) in [5.41, 5.74) is 1.47. The number of amides is 1. The minimum absolute atomic E-state index is 0.132. The van der Waals surface area contributed by atoms with E-state index in [2.05, 4.69) is 36.0 Å². The predicted molar refractivity (Wildman–Crippen MR) is 95.6 cm³/mol. The molecule has 0 saturated heterocycles. The summed E-state index contributed by atoms with van der Waals surface area (Å²) in [6.07, 6.45) is 2.01. The molecule has 0 bridgehead atoms. The van der Waals surface area contributed by atoms with E-state index < -0.39 is 0 Å². The Bertz CT molecular complexity index is 676. The summed E-state index contributed by atoms with van der Waals surface area (Å²) in [7, 11) is 1.34. The second kappa shape index (κ2) is 8.99. The molecule has 0 aromatic carbocycles. The molecule has 0 radical (unpaired) electrons. The molecule has 0 fully saturated rings. The second-order valence-corrected chi connectivity index (χ2v) is 7.21. The summed E-state index contributed by atoms with van der Waals surface area (Å²) >= 11 is 6.04. The first-order chi connectivity index (χ1) is 11.1. The van der Waals surface area contributed by atoms with E-state index in [9.17, 15) is 9.59 Å². The van der Waals surface area contributed by atoms with Gasteiger partial charge in [-0.25, -0.2) is 4.98 Å². The highest BCUT2D eigenvalue weighted by Crippen LogP contribution is 2.24. The zero-order valence-electron chi connectivity index (χ0n) is 12.2. The molecule has 0 aliphatic rings. The Morgan fingerprint density at radius 1 is 1.39 bits per heavy atom. The topological polar surface area (TPSA) is 81.2 Å². The largest absolute Gasteiger partial charge is 0.468 e. The summed E-state index contributed by atoms with van der Waals surface area (Å²) in [4.78, 5) is 31.4. The predicted octanol–water partition coefficient (Wildman–Crippen LogP) is 3.20. The number of nitrogens with zero attached hydrogens (tertiary/aromatic N) is 2. The fraction of sp³-hybridized carbons (Fsp3) is 0.286. The number of hydrogen-bond acceptors (Lipinski definition) is 7. The summed E-state index contributed by atoms with van der Waals surface area (Å²) in [6, 6.07) is 3.74. The van der Waals surface area contributed by atoms with Crippen molar-refractivity contribution in [3.8, 4) is 11.4 Å². The van der Waals surface area contributed by atoms with Crippen LogP contribution in [0.3, 0.4) is 0 Å². The number of pyridine rings is 1. The van der Waals surface area contributed by atoms with Gasteiger partial charge in [0.1, 0.15) is 5.69 Å². The maximum Gasteiger partial charge on any atom is 0.315 e. The van der Waals surface area contributed by atoms with Crippen molar-refractivity contribution in [2.75, 3.05) is 23.9 Å². The van der Waals surface area contributed by atoms with E-state index in [1.54, 1.807) is 6.20 Å². The Morgan fingerprint density at radius 2 is 2.22 bits per heavy atom. The maximum atomic E-state index is 11.8.